The fourth-order valence-electron chi connectivity index (χ4n) is 2.59. The second kappa shape index (κ2) is 4.95. The first kappa shape index (κ1) is 14.4. The van der Waals surface area contributed by atoms with Gasteiger partial charge >= 0.3 is 0 Å². The van der Waals surface area contributed by atoms with Crippen LogP contribution in [0.4, 0.5) is 0 Å². The highest BCUT2D eigenvalue weighted by atomic mass is 29.3. The van der Waals surface area contributed by atoms with E-state index in [2.05, 4.69) is 58.4 Å². The van der Waals surface area contributed by atoms with E-state index in [-0.39, 0.29) is 0 Å². The second-order valence-corrected chi connectivity index (χ2v) is 21.8. The normalized spacial score (nSPS) is 17.6. The van der Waals surface area contributed by atoms with Crippen molar-refractivity contribution in [2.24, 2.45) is 0 Å². The third-order valence-corrected chi connectivity index (χ3v) is 23.1. The van der Waals surface area contributed by atoms with Gasteiger partial charge in [0.05, 0.1) is 7.59 Å². The molecule has 0 amide bonds. The van der Waals surface area contributed by atoms with Gasteiger partial charge < -0.3 is 4.57 Å². The van der Waals surface area contributed by atoms with Crippen LogP contribution < -0.4 is 0 Å². The summed E-state index contributed by atoms with van der Waals surface area (Å²) in [5.74, 6) is 0. The summed E-state index contributed by atoms with van der Waals surface area (Å²) in [4.78, 5) is 0. The molecule has 0 aromatic heterocycles. The Labute approximate surface area is 92.8 Å². The minimum Gasteiger partial charge on any atom is -0.326 e. The lowest BCUT2D eigenvalue weighted by Gasteiger charge is -2.49. The number of hydrogen-bond acceptors (Lipinski definition) is 1. The number of rotatable bonds is 5. The van der Waals surface area contributed by atoms with Crippen LogP contribution in [0.3, 0.4) is 0 Å². The Bertz CT molecular complexity index is 171. The lowest BCUT2D eigenvalue weighted by Crippen LogP contribution is -2.68. The molecule has 0 aliphatic carbocycles. The summed E-state index contributed by atoms with van der Waals surface area (Å²) in [5.41, 5.74) is 0.883. The maximum absolute atomic E-state index is 2.80. The summed E-state index contributed by atoms with van der Waals surface area (Å²) in [7, 11) is -2.20. The van der Waals surface area contributed by atoms with Crippen molar-refractivity contribution in [2.75, 3.05) is 13.1 Å². The summed E-state index contributed by atoms with van der Waals surface area (Å²) in [6, 6.07) is 0. The van der Waals surface area contributed by atoms with Crippen molar-refractivity contribution in [3.8, 4) is 0 Å². The predicted molar refractivity (Wildman–Crippen MR) is 73.0 cm³/mol. The average molecular weight is 232 g/mol. The molecule has 86 valence electrons. The van der Waals surface area contributed by atoms with Crippen molar-refractivity contribution in [1.29, 1.82) is 0 Å². The standard InChI is InChI=1S/C11H29NSi2/c1-9-12(10-2)14(8,11(3)4)13(5,6)7/h11H,9-10H2,1-8H3. The predicted octanol–water partition coefficient (Wildman–Crippen LogP) is 3.73. The van der Waals surface area contributed by atoms with Gasteiger partial charge in [0.2, 0.25) is 0 Å². The monoisotopic (exact) mass is 231 g/mol. The largest absolute Gasteiger partial charge is 0.326 e. The molecule has 0 aromatic rings. The molecule has 1 nitrogen and oxygen atoms in total. The van der Waals surface area contributed by atoms with E-state index >= 15 is 0 Å². The summed E-state index contributed by atoms with van der Waals surface area (Å²) in [6.07, 6.45) is 0. The highest BCUT2D eigenvalue weighted by Crippen LogP contribution is 2.33. The zero-order chi connectivity index (χ0) is 11.6. The molecule has 0 saturated heterocycles. The zero-order valence-electron chi connectivity index (χ0n) is 11.4. The molecule has 14 heavy (non-hydrogen) atoms. The van der Waals surface area contributed by atoms with E-state index in [0.29, 0.717) is 0 Å². The molecule has 1 unspecified atom stereocenters. The van der Waals surface area contributed by atoms with Gasteiger partial charge in [-0.2, -0.15) is 0 Å². The van der Waals surface area contributed by atoms with Crippen LogP contribution in [0.1, 0.15) is 27.7 Å². The molecule has 0 N–H and O–H groups in total. The van der Waals surface area contributed by atoms with Gasteiger partial charge in [0.1, 0.15) is 7.75 Å². The SMILES string of the molecule is CCN(CC)[Si](C)(C(C)C)[Si](C)(C)C. The van der Waals surface area contributed by atoms with Crippen molar-refractivity contribution in [1.82, 2.24) is 4.57 Å². The zero-order valence-corrected chi connectivity index (χ0v) is 13.4. The van der Waals surface area contributed by atoms with Crippen LogP contribution in [0.5, 0.6) is 0 Å². The fourth-order valence-corrected chi connectivity index (χ4v) is 16.3. The Morgan fingerprint density at radius 2 is 1.29 bits per heavy atom. The Hall–Kier alpha value is 0.394. The maximum atomic E-state index is 2.80. The third kappa shape index (κ3) is 2.50. The Kier molecular flexibility index (Phi) is 5.09. The van der Waals surface area contributed by atoms with Crippen LogP contribution in [-0.2, 0) is 0 Å². The molecule has 0 saturated carbocycles. The van der Waals surface area contributed by atoms with E-state index in [4.69, 9.17) is 0 Å². The van der Waals surface area contributed by atoms with Gasteiger partial charge in [0.15, 0.2) is 0 Å². The quantitative estimate of drug-likeness (QED) is 0.652. The Morgan fingerprint density at radius 1 is 0.929 bits per heavy atom. The lowest BCUT2D eigenvalue weighted by molar-refractivity contribution is 0.464. The van der Waals surface area contributed by atoms with Gasteiger partial charge in [-0.3, -0.25) is 0 Å². The van der Waals surface area contributed by atoms with E-state index in [0.717, 1.165) is 5.54 Å². The number of hydrogen-bond donors (Lipinski definition) is 0. The maximum Gasteiger partial charge on any atom is 0.117 e. The minimum absolute atomic E-state index is 0.883. The number of nitrogens with zero attached hydrogens (tertiary/aromatic N) is 1. The molecular formula is C11H29NSi2. The van der Waals surface area contributed by atoms with Crippen molar-refractivity contribution < 1.29 is 0 Å². The van der Waals surface area contributed by atoms with Crippen molar-refractivity contribution in [3.63, 3.8) is 0 Å². The molecule has 0 heterocycles. The van der Waals surface area contributed by atoms with Crippen LogP contribution in [-0.4, -0.2) is 33.0 Å². The summed E-state index contributed by atoms with van der Waals surface area (Å²) in [5, 5.41) is 0. The first-order chi connectivity index (χ1) is 6.21. The summed E-state index contributed by atoms with van der Waals surface area (Å²) < 4.78 is 2.80. The van der Waals surface area contributed by atoms with E-state index in [1.807, 2.05) is 0 Å². The highest BCUT2D eigenvalue weighted by molar-refractivity contribution is 7.40. The summed E-state index contributed by atoms with van der Waals surface area (Å²) >= 11 is 0. The molecule has 0 fully saturated rings. The van der Waals surface area contributed by atoms with E-state index in [9.17, 15) is 0 Å². The fraction of sp³-hybridized carbons (Fsp3) is 1.00. The molecular weight excluding hydrogens is 202 g/mol. The van der Waals surface area contributed by atoms with Gasteiger partial charge in [-0.15, -0.1) is 0 Å². The van der Waals surface area contributed by atoms with E-state index < -0.39 is 15.3 Å². The lowest BCUT2D eigenvalue weighted by atomic mass is 10.6. The van der Waals surface area contributed by atoms with Crippen molar-refractivity contribution in [3.05, 3.63) is 0 Å². The average Bonchev–Trinajstić information content (AvgIpc) is 2.03. The Balaban J connectivity index is 5.08. The Morgan fingerprint density at radius 3 is 1.36 bits per heavy atom. The molecule has 0 rings (SSSR count). The highest BCUT2D eigenvalue weighted by Gasteiger charge is 2.47. The van der Waals surface area contributed by atoms with E-state index in [1.165, 1.54) is 13.1 Å². The van der Waals surface area contributed by atoms with Gasteiger partial charge in [0.25, 0.3) is 0 Å². The molecule has 1 atom stereocenters. The molecule has 0 radical (unpaired) electrons. The topological polar surface area (TPSA) is 3.24 Å². The minimum atomic E-state index is -1.19. The van der Waals surface area contributed by atoms with Crippen LogP contribution >= 0.6 is 0 Å². The third-order valence-electron chi connectivity index (χ3n) is 4.06. The second-order valence-electron chi connectivity index (χ2n) is 5.72. The van der Waals surface area contributed by atoms with Crippen LogP contribution in [0.2, 0.25) is 31.7 Å². The molecule has 3 heteroatoms. The molecule has 0 aliphatic heterocycles. The molecule has 0 bridgehead atoms. The van der Waals surface area contributed by atoms with Gasteiger partial charge in [0, 0.05) is 0 Å². The van der Waals surface area contributed by atoms with E-state index in [1.54, 1.807) is 0 Å². The van der Waals surface area contributed by atoms with Crippen molar-refractivity contribution >= 4 is 15.3 Å². The first-order valence-electron chi connectivity index (χ1n) is 5.96. The smallest absolute Gasteiger partial charge is 0.117 e. The van der Waals surface area contributed by atoms with Gasteiger partial charge in [-0.25, -0.2) is 0 Å². The van der Waals surface area contributed by atoms with Crippen LogP contribution in [0.15, 0.2) is 0 Å². The molecule has 0 aliphatic rings. The van der Waals surface area contributed by atoms with Crippen LogP contribution in [0, 0.1) is 0 Å². The van der Waals surface area contributed by atoms with Crippen LogP contribution in [0.25, 0.3) is 0 Å². The van der Waals surface area contributed by atoms with Gasteiger partial charge in [-0.05, 0) is 18.6 Å². The summed E-state index contributed by atoms with van der Waals surface area (Å²) in [6.45, 7) is 22.2. The van der Waals surface area contributed by atoms with Gasteiger partial charge in [-0.1, -0.05) is 53.9 Å². The first-order valence-corrected chi connectivity index (χ1v) is 13.0. The molecule has 0 spiro atoms. The molecule has 0 aromatic carbocycles. The van der Waals surface area contributed by atoms with Crippen molar-refractivity contribution in [2.45, 2.75) is 59.4 Å².